The Bertz CT molecular complexity index is 1160. The minimum Gasteiger partial charge on any atom is -0.493 e. The summed E-state index contributed by atoms with van der Waals surface area (Å²) in [6.07, 6.45) is 0.197. The van der Waals surface area contributed by atoms with Gasteiger partial charge in [0.15, 0.2) is 11.5 Å². The van der Waals surface area contributed by atoms with Gasteiger partial charge in [-0.2, -0.15) is 0 Å². The number of esters is 1. The molecule has 1 aliphatic heterocycles. The third kappa shape index (κ3) is 4.61. The lowest BCUT2D eigenvalue weighted by atomic mass is 10.0. The number of rotatable bonds is 9. The van der Waals surface area contributed by atoms with E-state index in [0.717, 1.165) is 11.1 Å². The average molecular weight is 461 g/mol. The van der Waals surface area contributed by atoms with Gasteiger partial charge in [-0.05, 0) is 35.7 Å². The van der Waals surface area contributed by atoms with Gasteiger partial charge < -0.3 is 19.1 Å². The lowest BCUT2D eigenvalue weighted by Crippen LogP contribution is -2.42. The van der Waals surface area contributed by atoms with Gasteiger partial charge in [-0.3, -0.25) is 10.1 Å². The molecule has 0 aliphatic carbocycles. The van der Waals surface area contributed by atoms with E-state index in [4.69, 9.17) is 14.2 Å². The summed E-state index contributed by atoms with van der Waals surface area (Å²) in [7, 11) is 4.44. The molecule has 2 atom stereocenters. The second-order valence-corrected chi connectivity index (χ2v) is 7.96. The van der Waals surface area contributed by atoms with Gasteiger partial charge in [-0.25, -0.2) is 4.79 Å². The summed E-state index contributed by atoms with van der Waals surface area (Å²) in [5.41, 5.74) is 3.23. The van der Waals surface area contributed by atoms with E-state index in [1.807, 2.05) is 54.6 Å². The van der Waals surface area contributed by atoms with E-state index in [9.17, 15) is 9.59 Å². The normalized spacial score (nSPS) is 15.6. The van der Waals surface area contributed by atoms with Gasteiger partial charge in [0.05, 0.1) is 21.3 Å². The number of carbonyl (C=O) groups excluding carboxylic acids is 2. The molecular weight excluding hydrogens is 432 g/mol. The maximum atomic E-state index is 13.3. The minimum absolute atomic E-state index is 0.0695. The highest BCUT2D eigenvalue weighted by atomic mass is 16.5. The molecule has 0 unspecified atom stereocenters. The lowest BCUT2D eigenvalue weighted by molar-refractivity contribution is -0.144. The monoisotopic (exact) mass is 460 g/mol. The van der Waals surface area contributed by atoms with Crippen molar-refractivity contribution < 1.29 is 23.8 Å². The van der Waals surface area contributed by atoms with Crippen molar-refractivity contribution in [2.75, 3.05) is 27.9 Å². The highest BCUT2D eigenvalue weighted by molar-refractivity contribution is 5.99. The van der Waals surface area contributed by atoms with Crippen LogP contribution in [0.2, 0.25) is 0 Å². The second-order valence-electron chi connectivity index (χ2n) is 7.96. The zero-order valence-corrected chi connectivity index (χ0v) is 19.5. The van der Waals surface area contributed by atoms with Gasteiger partial charge in [0.2, 0.25) is 0 Å². The summed E-state index contributed by atoms with van der Waals surface area (Å²) in [5, 5.41) is 3.38. The summed E-state index contributed by atoms with van der Waals surface area (Å²) >= 11 is 0. The van der Waals surface area contributed by atoms with Crippen LogP contribution in [0.5, 0.6) is 11.5 Å². The summed E-state index contributed by atoms with van der Waals surface area (Å²) in [6, 6.07) is 21.9. The minimum atomic E-state index is -0.826. The lowest BCUT2D eigenvalue weighted by Gasteiger charge is -2.30. The molecule has 7 nitrogen and oxygen atoms in total. The fraction of sp³-hybridized carbons (Fsp3) is 0.259. The number of fused-ring (bicyclic) bond motifs is 1. The molecule has 4 rings (SSSR count). The Balaban J connectivity index is 1.67. The largest absolute Gasteiger partial charge is 0.493 e. The fourth-order valence-corrected chi connectivity index (χ4v) is 4.28. The summed E-state index contributed by atoms with van der Waals surface area (Å²) in [5.74, 6) is 0.521. The van der Waals surface area contributed by atoms with Crippen LogP contribution in [0.15, 0.2) is 72.8 Å². The quantitative estimate of drug-likeness (QED) is 0.488. The van der Waals surface area contributed by atoms with Gasteiger partial charge in [-0.1, -0.05) is 54.6 Å². The van der Waals surface area contributed by atoms with Gasteiger partial charge in [0.1, 0.15) is 12.2 Å². The molecule has 0 fully saturated rings. The van der Waals surface area contributed by atoms with Crippen LogP contribution in [-0.2, 0) is 16.0 Å². The number of hydrogen-bond donors (Lipinski definition) is 1. The Hall–Kier alpha value is -3.84. The second kappa shape index (κ2) is 10.4. The predicted molar refractivity (Wildman–Crippen MR) is 128 cm³/mol. The van der Waals surface area contributed by atoms with Crippen molar-refractivity contribution in [2.24, 2.45) is 0 Å². The molecule has 0 aromatic heterocycles. The average Bonchev–Trinajstić information content (AvgIpc) is 3.16. The molecule has 0 spiro atoms. The van der Waals surface area contributed by atoms with E-state index in [-0.39, 0.29) is 5.91 Å². The zero-order chi connectivity index (χ0) is 24.1. The molecule has 1 heterocycles. The molecule has 176 valence electrons. The van der Waals surface area contributed by atoms with E-state index in [1.54, 1.807) is 37.3 Å². The highest BCUT2D eigenvalue weighted by Crippen LogP contribution is 2.36. The van der Waals surface area contributed by atoms with Crippen molar-refractivity contribution in [3.05, 3.63) is 95.1 Å². The first kappa shape index (κ1) is 23.3. The maximum Gasteiger partial charge on any atom is 0.327 e. The Kier molecular flexibility index (Phi) is 7.13. The Morgan fingerprint density at radius 2 is 1.65 bits per heavy atom. The van der Waals surface area contributed by atoms with Gasteiger partial charge in [0.25, 0.3) is 5.91 Å². The van der Waals surface area contributed by atoms with Crippen molar-refractivity contribution in [1.82, 2.24) is 10.2 Å². The van der Waals surface area contributed by atoms with Crippen LogP contribution in [0.3, 0.4) is 0 Å². The molecule has 1 aliphatic rings. The predicted octanol–water partition coefficient (Wildman–Crippen LogP) is 3.90. The van der Waals surface area contributed by atoms with Gasteiger partial charge in [0, 0.05) is 17.7 Å². The molecule has 34 heavy (non-hydrogen) atoms. The number of ether oxygens (including phenoxy) is 3. The highest BCUT2D eigenvalue weighted by Gasteiger charge is 2.39. The Morgan fingerprint density at radius 3 is 2.35 bits per heavy atom. The van der Waals surface area contributed by atoms with E-state index >= 15 is 0 Å². The molecule has 1 N–H and O–H groups in total. The summed E-state index contributed by atoms with van der Waals surface area (Å²) in [6.45, 7) is 0.495. The van der Waals surface area contributed by atoms with Crippen LogP contribution < -0.4 is 14.8 Å². The van der Waals surface area contributed by atoms with Crippen LogP contribution in [0.4, 0.5) is 0 Å². The third-order valence-electron chi connectivity index (χ3n) is 6.04. The van der Waals surface area contributed by atoms with E-state index in [2.05, 4.69) is 5.32 Å². The SMILES string of the molecule is COC(=O)[C@@H](N[C@H]1c2ccccc2C(=O)N1CCc1ccccc1)c1ccc(OC)c(OC)c1. The maximum absolute atomic E-state index is 13.3. The Morgan fingerprint density at radius 1 is 0.941 bits per heavy atom. The standard InChI is InChI=1S/C27H28N2O5/c1-32-22-14-13-19(17-23(22)33-2)24(27(31)34-3)28-25-20-11-7-8-12-21(20)26(30)29(25)16-15-18-9-5-4-6-10-18/h4-14,17,24-25,28H,15-16H2,1-3H3/t24-,25+/m0/s1. The smallest absolute Gasteiger partial charge is 0.327 e. The van der Waals surface area contributed by atoms with Crippen molar-refractivity contribution in [3.8, 4) is 11.5 Å². The third-order valence-corrected chi connectivity index (χ3v) is 6.04. The van der Waals surface area contributed by atoms with Crippen molar-refractivity contribution in [3.63, 3.8) is 0 Å². The van der Waals surface area contributed by atoms with Crippen molar-refractivity contribution in [2.45, 2.75) is 18.6 Å². The molecule has 0 saturated heterocycles. The van der Waals surface area contributed by atoms with E-state index < -0.39 is 18.2 Å². The molecule has 1 amide bonds. The fourth-order valence-electron chi connectivity index (χ4n) is 4.28. The Labute approximate surface area is 199 Å². The molecule has 7 heteroatoms. The van der Waals surface area contributed by atoms with E-state index in [0.29, 0.717) is 35.6 Å². The van der Waals surface area contributed by atoms with Crippen LogP contribution in [0.25, 0.3) is 0 Å². The number of hydrogen-bond acceptors (Lipinski definition) is 6. The molecule has 0 bridgehead atoms. The number of benzene rings is 3. The molecular formula is C27H28N2O5. The first-order valence-corrected chi connectivity index (χ1v) is 11.1. The number of amides is 1. The van der Waals surface area contributed by atoms with Gasteiger partial charge in [-0.15, -0.1) is 0 Å². The van der Waals surface area contributed by atoms with Crippen LogP contribution in [0, 0.1) is 0 Å². The van der Waals surface area contributed by atoms with Crippen LogP contribution >= 0.6 is 0 Å². The summed E-state index contributed by atoms with van der Waals surface area (Å²) in [4.78, 5) is 27.9. The van der Waals surface area contributed by atoms with Crippen LogP contribution in [0.1, 0.15) is 39.3 Å². The number of carbonyl (C=O) groups is 2. The number of nitrogens with zero attached hydrogens (tertiary/aromatic N) is 1. The van der Waals surface area contributed by atoms with E-state index in [1.165, 1.54) is 7.11 Å². The molecule has 3 aromatic carbocycles. The first-order chi connectivity index (χ1) is 16.6. The van der Waals surface area contributed by atoms with Gasteiger partial charge >= 0.3 is 5.97 Å². The summed E-state index contributed by atoms with van der Waals surface area (Å²) < 4.78 is 15.9. The van der Waals surface area contributed by atoms with Crippen LogP contribution in [-0.4, -0.2) is 44.7 Å². The van der Waals surface area contributed by atoms with Crippen molar-refractivity contribution in [1.29, 1.82) is 0 Å². The topological polar surface area (TPSA) is 77.1 Å². The number of methoxy groups -OCH3 is 3. The molecule has 0 saturated carbocycles. The first-order valence-electron chi connectivity index (χ1n) is 11.1. The zero-order valence-electron chi connectivity index (χ0n) is 19.5. The number of nitrogens with one attached hydrogen (secondary N) is 1. The van der Waals surface area contributed by atoms with Crippen molar-refractivity contribution >= 4 is 11.9 Å². The molecule has 0 radical (unpaired) electrons. The molecule has 3 aromatic rings.